The van der Waals surface area contributed by atoms with E-state index in [9.17, 15) is 0 Å². The second kappa shape index (κ2) is 15.0. The normalized spacial score (nSPS) is 13.0. The molecule has 13 rings (SSSR count). The van der Waals surface area contributed by atoms with Gasteiger partial charge in [-0.15, -0.1) is 0 Å². The number of para-hydroxylation sites is 8. The first-order valence-electron chi connectivity index (χ1n) is 23.2. The molecule has 0 N–H and O–H groups in total. The first-order valence-corrected chi connectivity index (χ1v) is 23.2. The average Bonchev–Trinajstić information content (AvgIpc) is 3.66. The highest BCUT2D eigenvalue weighted by Gasteiger charge is 2.34. The largest absolute Gasteiger partial charge is 0.309 e. The molecule has 2 aliphatic heterocycles. The number of aryl methyl sites for hydroxylation is 4. The Kier molecular flexibility index (Phi) is 8.71. The molecule has 3 heterocycles. The Morgan fingerprint density at radius 2 is 0.627 bits per heavy atom. The highest BCUT2D eigenvalue weighted by atomic mass is 15.3. The summed E-state index contributed by atoms with van der Waals surface area (Å²) in [6, 6.07) is 78.4. The van der Waals surface area contributed by atoms with Crippen molar-refractivity contribution in [2.24, 2.45) is 0 Å². The van der Waals surface area contributed by atoms with Gasteiger partial charge in [0.25, 0.3) is 0 Å². The van der Waals surface area contributed by atoms with Crippen molar-refractivity contribution in [1.82, 2.24) is 4.57 Å². The van der Waals surface area contributed by atoms with Gasteiger partial charge >= 0.3 is 0 Å². The summed E-state index contributed by atoms with van der Waals surface area (Å²) in [6.07, 6.45) is 0. The Bertz CT molecular complexity index is 3700. The van der Waals surface area contributed by atoms with E-state index in [1.807, 2.05) is 0 Å². The van der Waals surface area contributed by atoms with E-state index >= 15 is 0 Å². The fraction of sp³-hybridized carbons (Fsp3) is 0.0645. The van der Waals surface area contributed by atoms with E-state index in [2.05, 4.69) is 264 Å². The molecular weight excluding hydrogens is 815 g/mol. The van der Waals surface area contributed by atoms with Crippen molar-refractivity contribution in [3.63, 3.8) is 0 Å². The molecule has 5 nitrogen and oxygen atoms in total. The molecule has 0 aliphatic carbocycles. The quantitative estimate of drug-likeness (QED) is 0.171. The molecule has 11 aromatic rings. The molecule has 0 saturated heterocycles. The zero-order chi connectivity index (χ0) is 44.9. The molecule has 2 aliphatic rings. The Labute approximate surface area is 391 Å². The number of hydrogen-bond acceptors (Lipinski definition) is 4. The highest BCUT2D eigenvalue weighted by Crippen LogP contribution is 2.57. The fourth-order valence-electron chi connectivity index (χ4n) is 11.0. The monoisotopic (exact) mass is 861 g/mol. The van der Waals surface area contributed by atoms with Crippen molar-refractivity contribution in [3.8, 4) is 5.69 Å². The highest BCUT2D eigenvalue weighted by molar-refractivity contribution is 6.15. The molecule has 0 unspecified atom stereocenters. The van der Waals surface area contributed by atoms with Crippen LogP contribution < -0.4 is 19.6 Å². The van der Waals surface area contributed by atoms with Crippen LogP contribution in [0.1, 0.15) is 22.3 Å². The number of nitrogens with zero attached hydrogens (tertiary/aromatic N) is 5. The topological polar surface area (TPSA) is 17.9 Å². The summed E-state index contributed by atoms with van der Waals surface area (Å²) in [5, 5.41) is 4.80. The molecule has 10 aromatic carbocycles. The third-order valence-electron chi connectivity index (χ3n) is 13.6. The van der Waals surface area contributed by atoms with Crippen LogP contribution in [-0.2, 0) is 0 Å². The van der Waals surface area contributed by atoms with Crippen molar-refractivity contribution in [1.29, 1.82) is 0 Å². The second-order valence-electron chi connectivity index (χ2n) is 18.3. The van der Waals surface area contributed by atoms with Gasteiger partial charge in [0.15, 0.2) is 0 Å². The van der Waals surface area contributed by atoms with Crippen LogP contribution in [0.2, 0.25) is 0 Å². The summed E-state index contributed by atoms with van der Waals surface area (Å²) >= 11 is 0. The lowest BCUT2D eigenvalue weighted by atomic mass is 10.00. The van der Waals surface area contributed by atoms with Crippen molar-refractivity contribution >= 4 is 101 Å². The van der Waals surface area contributed by atoms with Crippen LogP contribution in [0.15, 0.2) is 212 Å². The summed E-state index contributed by atoms with van der Waals surface area (Å²) in [5.41, 5.74) is 22.1. The van der Waals surface area contributed by atoms with Crippen LogP contribution in [0.4, 0.5) is 68.2 Å². The Balaban J connectivity index is 0.990. The second-order valence-corrected chi connectivity index (χ2v) is 18.3. The first-order chi connectivity index (χ1) is 32.9. The third kappa shape index (κ3) is 6.15. The molecule has 320 valence electrons. The number of hydrogen-bond donors (Lipinski definition) is 0. The minimum atomic E-state index is 1.11. The zero-order valence-electron chi connectivity index (χ0n) is 37.9. The Hall–Kier alpha value is -8.54. The lowest BCUT2D eigenvalue weighted by molar-refractivity contribution is 1.15. The number of aromatic nitrogens is 1. The Morgan fingerprint density at radius 3 is 1.12 bits per heavy atom. The van der Waals surface area contributed by atoms with E-state index < -0.39 is 0 Å². The Morgan fingerprint density at radius 1 is 0.239 bits per heavy atom. The van der Waals surface area contributed by atoms with Crippen LogP contribution >= 0.6 is 0 Å². The SMILES string of the molecule is Cc1cc(C)cc(N2c3ccccc3N(c3ccc4cc(N5c6ccccc6N(c6cc(C)cc(C)c6)c6cc7c8ccccc8n(-c8ccccc8)c7cc65)ccc4c3)c3ccccc32)c1. The van der Waals surface area contributed by atoms with Gasteiger partial charge < -0.3 is 24.2 Å². The molecule has 0 bridgehead atoms. The van der Waals surface area contributed by atoms with Gasteiger partial charge in [0, 0.05) is 39.2 Å². The molecule has 0 amide bonds. The van der Waals surface area contributed by atoms with E-state index in [-0.39, 0.29) is 0 Å². The lowest BCUT2D eigenvalue weighted by Gasteiger charge is -2.41. The van der Waals surface area contributed by atoms with E-state index in [0.29, 0.717) is 0 Å². The first kappa shape index (κ1) is 38.9. The third-order valence-corrected chi connectivity index (χ3v) is 13.6. The molecule has 0 atom stereocenters. The summed E-state index contributed by atoms with van der Waals surface area (Å²) in [4.78, 5) is 9.78. The van der Waals surface area contributed by atoms with Crippen molar-refractivity contribution in [3.05, 3.63) is 235 Å². The van der Waals surface area contributed by atoms with Gasteiger partial charge in [-0.1, -0.05) is 97.1 Å². The van der Waals surface area contributed by atoms with Crippen LogP contribution in [0.3, 0.4) is 0 Å². The van der Waals surface area contributed by atoms with Crippen molar-refractivity contribution < 1.29 is 0 Å². The summed E-state index contributed by atoms with van der Waals surface area (Å²) in [7, 11) is 0. The molecule has 67 heavy (non-hydrogen) atoms. The average molecular weight is 862 g/mol. The van der Waals surface area contributed by atoms with Crippen LogP contribution in [0.25, 0.3) is 38.3 Å². The maximum Gasteiger partial charge on any atom is 0.0724 e. The van der Waals surface area contributed by atoms with Crippen LogP contribution in [-0.4, -0.2) is 4.57 Å². The van der Waals surface area contributed by atoms with E-state index in [4.69, 9.17) is 0 Å². The molecule has 5 heteroatoms. The number of rotatable bonds is 5. The lowest BCUT2D eigenvalue weighted by Crippen LogP contribution is -2.24. The molecule has 0 saturated carbocycles. The van der Waals surface area contributed by atoms with Gasteiger partial charge in [-0.2, -0.15) is 0 Å². The standard InChI is InChI=1S/C62H47N5/c1-40-30-41(2)33-49(32-40)66-57-23-13-10-20-54(57)64(55-21-11-14-24-58(55)66)47-28-26-45-37-48(29-27-44(45)36-47)65-56-22-12-15-25-59(56)67(50-34-42(3)31-43(4)35-50)61-38-52-51-18-8-9-19-53(51)63(60(52)39-62(61)65)46-16-6-5-7-17-46/h5-39H,1-4H3. The van der Waals surface area contributed by atoms with Crippen LogP contribution in [0, 0.1) is 27.7 Å². The van der Waals surface area contributed by atoms with E-state index in [0.717, 1.165) is 68.2 Å². The molecule has 0 fully saturated rings. The van der Waals surface area contributed by atoms with Crippen molar-refractivity contribution in [2.75, 3.05) is 19.6 Å². The number of anilines is 12. The zero-order valence-corrected chi connectivity index (χ0v) is 37.9. The van der Waals surface area contributed by atoms with Gasteiger partial charge in [0.2, 0.25) is 0 Å². The van der Waals surface area contributed by atoms with Gasteiger partial charge in [0.05, 0.1) is 56.5 Å². The molecular formula is C62H47N5. The number of fused-ring (bicyclic) bond motifs is 8. The molecule has 0 spiro atoms. The maximum atomic E-state index is 2.47. The number of benzene rings is 10. The smallest absolute Gasteiger partial charge is 0.0724 e. The van der Waals surface area contributed by atoms with Gasteiger partial charge in [-0.3, -0.25) is 0 Å². The fourth-order valence-corrected chi connectivity index (χ4v) is 11.0. The minimum absolute atomic E-state index is 1.11. The molecule has 1 aromatic heterocycles. The van der Waals surface area contributed by atoms with Gasteiger partial charge in [0.1, 0.15) is 0 Å². The van der Waals surface area contributed by atoms with Crippen molar-refractivity contribution in [2.45, 2.75) is 27.7 Å². The summed E-state index contributed by atoms with van der Waals surface area (Å²) in [6.45, 7) is 8.75. The maximum absolute atomic E-state index is 2.47. The predicted molar refractivity (Wildman–Crippen MR) is 283 cm³/mol. The van der Waals surface area contributed by atoms with E-state index in [1.165, 1.54) is 60.5 Å². The van der Waals surface area contributed by atoms with E-state index in [1.54, 1.807) is 0 Å². The van der Waals surface area contributed by atoms with Gasteiger partial charge in [-0.25, -0.2) is 0 Å². The van der Waals surface area contributed by atoms with Gasteiger partial charge in [-0.05, 0) is 176 Å². The van der Waals surface area contributed by atoms with Crippen LogP contribution in [0.5, 0.6) is 0 Å². The summed E-state index contributed by atoms with van der Waals surface area (Å²) in [5.74, 6) is 0. The predicted octanol–water partition coefficient (Wildman–Crippen LogP) is 17.7. The molecule has 0 radical (unpaired) electrons. The minimum Gasteiger partial charge on any atom is -0.309 e. The summed E-state index contributed by atoms with van der Waals surface area (Å²) < 4.78 is 2.42.